The molecule has 0 spiro atoms. The minimum Gasteiger partial charge on any atom is -0.349 e. The minimum absolute atomic E-state index is 0.191. The van der Waals surface area contributed by atoms with Crippen molar-refractivity contribution < 1.29 is 4.79 Å². The standard InChI is InChI=1S/C15H19N5O/c21-15(13-10-17-19-18-13)16-11-14(20-8-4-5-9-20)12-6-2-1-3-7-12/h1-3,6-7,10,14H,4-5,8-9,11H2,(H,16,21)(H,17,18,19)/t14-/m0/s1. The van der Waals surface area contributed by atoms with Gasteiger partial charge in [0, 0.05) is 6.54 Å². The molecule has 6 nitrogen and oxygen atoms in total. The zero-order chi connectivity index (χ0) is 14.5. The van der Waals surface area contributed by atoms with E-state index >= 15 is 0 Å². The number of nitrogens with zero attached hydrogens (tertiary/aromatic N) is 3. The van der Waals surface area contributed by atoms with Crippen LogP contribution >= 0.6 is 0 Å². The average Bonchev–Trinajstić information content (AvgIpc) is 3.22. The summed E-state index contributed by atoms with van der Waals surface area (Å²) in [5.74, 6) is -0.191. The second kappa shape index (κ2) is 6.49. The average molecular weight is 285 g/mol. The maximum absolute atomic E-state index is 12.0. The molecule has 1 aliphatic rings. The van der Waals surface area contributed by atoms with E-state index in [1.54, 1.807) is 0 Å². The summed E-state index contributed by atoms with van der Waals surface area (Å²) in [5, 5.41) is 12.9. The van der Waals surface area contributed by atoms with Crippen molar-refractivity contribution >= 4 is 5.91 Å². The Kier molecular flexibility index (Phi) is 4.25. The van der Waals surface area contributed by atoms with Crippen LogP contribution in [0.3, 0.4) is 0 Å². The summed E-state index contributed by atoms with van der Waals surface area (Å²) in [6, 6.07) is 10.5. The van der Waals surface area contributed by atoms with Gasteiger partial charge in [0.25, 0.3) is 5.91 Å². The Labute approximate surface area is 123 Å². The third-order valence-corrected chi connectivity index (χ3v) is 3.87. The number of aromatic amines is 1. The number of benzene rings is 1. The van der Waals surface area contributed by atoms with Crippen molar-refractivity contribution in [3.63, 3.8) is 0 Å². The molecule has 0 radical (unpaired) electrons. The van der Waals surface area contributed by atoms with Crippen molar-refractivity contribution in [3.8, 4) is 0 Å². The van der Waals surface area contributed by atoms with Gasteiger partial charge in [-0.25, -0.2) is 0 Å². The van der Waals surface area contributed by atoms with Crippen molar-refractivity contribution in [2.45, 2.75) is 18.9 Å². The number of H-pyrrole nitrogens is 1. The first-order valence-corrected chi connectivity index (χ1v) is 7.27. The van der Waals surface area contributed by atoms with Crippen LogP contribution in [0.25, 0.3) is 0 Å². The molecule has 1 atom stereocenters. The van der Waals surface area contributed by atoms with E-state index < -0.39 is 0 Å². The van der Waals surface area contributed by atoms with Crippen LogP contribution in [0.1, 0.15) is 34.9 Å². The molecular formula is C15H19N5O. The fourth-order valence-electron chi connectivity index (χ4n) is 2.78. The van der Waals surface area contributed by atoms with E-state index in [-0.39, 0.29) is 11.9 Å². The lowest BCUT2D eigenvalue weighted by Gasteiger charge is -2.28. The van der Waals surface area contributed by atoms with E-state index in [0.717, 1.165) is 13.1 Å². The molecule has 0 bridgehead atoms. The first-order valence-electron chi connectivity index (χ1n) is 7.27. The maximum Gasteiger partial charge on any atom is 0.273 e. The minimum atomic E-state index is -0.191. The fourth-order valence-corrected chi connectivity index (χ4v) is 2.78. The highest BCUT2D eigenvalue weighted by atomic mass is 16.2. The lowest BCUT2D eigenvalue weighted by atomic mass is 10.1. The molecule has 1 aromatic carbocycles. The number of likely N-dealkylation sites (tertiary alicyclic amines) is 1. The number of carbonyl (C=O) groups is 1. The molecule has 2 aromatic rings. The van der Waals surface area contributed by atoms with Crippen LogP contribution < -0.4 is 5.32 Å². The molecule has 1 aromatic heterocycles. The Hall–Kier alpha value is -2.21. The molecule has 6 heteroatoms. The Morgan fingerprint density at radius 2 is 2.05 bits per heavy atom. The van der Waals surface area contributed by atoms with Crippen LogP contribution in [0.15, 0.2) is 36.5 Å². The molecule has 0 aliphatic carbocycles. The number of hydrogen-bond donors (Lipinski definition) is 2. The summed E-state index contributed by atoms with van der Waals surface area (Å²) in [5.41, 5.74) is 1.56. The molecular weight excluding hydrogens is 266 g/mol. The molecule has 1 aliphatic heterocycles. The molecule has 2 N–H and O–H groups in total. The van der Waals surface area contributed by atoms with Gasteiger partial charge in [0.15, 0.2) is 5.69 Å². The number of hydrogen-bond acceptors (Lipinski definition) is 4. The largest absolute Gasteiger partial charge is 0.349 e. The first kappa shape index (κ1) is 13.8. The summed E-state index contributed by atoms with van der Waals surface area (Å²) in [4.78, 5) is 14.4. The van der Waals surface area contributed by atoms with Gasteiger partial charge in [0.1, 0.15) is 0 Å². The van der Waals surface area contributed by atoms with Gasteiger partial charge < -0.3 is 5.32 Å². The van der Waals surface area contributed by atoms with Crippen molar-refractivity contribution in [1.82, 2.24) is 25.6 Å². The van der Waals surface area contributed by atoms with E-state index in [9.17, 15) is 4.79 Å². The molecule has 3 rings (SSSR count). The fraction of sp³-hybridized carbons (Fsp3) is 0.400. The monoisotopic (exact) mass is 285 g/mol. The Morgan fingerprint density at radius 1 is 1.29 bits per heavy atom. The van der Waals surface area contributed by atoms with Crippen LogP contribution in [-0.4, -0.2) is 45.9 Å². The van der Waals surface area contributed by atoms with Crippen molar-refractivity contribution in [2.75, 3.05) is 19.6 Å². The lowest BCUT2D eigenvalue weighted by molar-refractivity contribution is 0.0933. The van der Waals surface area contributed by atoms with E-state index in [1.165, 1.54) is 24.6 Å². The summed E-state index contributed by atoms with van der Waals surface area (Å²) in [7, 11) is 0. The van der Waals surface area contributed by atoms with Crippen LogP contribution in [-0.2, 0) is 0 Å². The molecule has 1 saturated heterocycles. The topological polar surface area (TPSA) is 73.9 Å². The molecule has 1 amide bonds. The normalized spacial score (nSPS) is 16.8. The van der Waals surface area contributed by atoms with Gasteiger partial charge in [-0.2, -0.15) is 15.4 Å². The Balaban J connectivity index is 1.69. The predicted octanol–water partition coefficient (Wildman–Crippen LogP) is 1.37. The highest BCUT2D eigenvalue weighted by Gasteiger charge is 2.24. The molecule has 1 fully saturated rings. The summed E-state index contributed by atoms with van der Waals surface area (Å²) >= 11 is 0. The van der Waals surface area contributed by atoms with E-state index in [2.05, 4.69) is 37.8 Å². The number of rotatable bonds is 5. The third-order valence-electron chi connectivity index (χ3n) is 3.87. The van der Waals surface area contributed by atoms with Gasteiger partial charge in [-0.1, -0.05) is 30.3 Å². The van der Waals surface area contributed by atoms with Crippen LogP contribution in [0.5, 0.6) is 0 Å². The molecule has 2 heterocycles. The Bertz CT molecular complexity index is 563. The second-order valence-corrected chi connectivity index (χ2v) is 5.23. The zero-order valence-corrected chi connectivity index (χ0v) is 11.8. The summed E-state index contributed by atoms with van der Waals surface area (Å²) < 4.78 is 0. The molecule has 21 heavy (non-hydrogen) atoms. The van der Waals surface area contributed by atoms with Crippen LogP contribution in [0.4, 0.5) is 0 Å². The van der Waals surface area contributed by atoms with Gasteiger partial charge in [0.2, 0.25) is 0 Å². The third kappa shape index (κ3) is 3.28. The molecule has 0 saturated carbocycles. The quantitative estimate of drug-likeness (QED) is 0.870. The van der Waals surface area contributed by atoms with Crippen molar-refractivity contribution in [2.24, 2.45) is 0 Å². The van der Waals surface area contributed by atoms with E-state index in [1.807, 2.05) is 18.2 Å². The lowest BCUT2D eigenvalue weighted by Crippen LogP contribution is -2.36. The van der Waals surface area contributed by atoms with Gasteiger partial charge >= 0.3 is 0 Å². The van der Waals surface area contributed by atoms with Gasteiger partial charge in [-0.3, -0.25) is 9.69 Å². The van der Waals surface area contributed by atoms with Gasteiger partial charge in [-0.15, -0.1) is 0 Å². The van der Waals surface area contributed by atoms with Gasteiger partial charge in [-0.05, 0) is 31.5 Å². The van der Waals surface area contributed by atoms with E-state index in [4.69, 9.17) is 0 Å². The predicted molar refractivity (Wildman–Crippen MR) is 78.7 cm³/mol. The highest BCUT2D eigenvalue weighted by molar-refractivity contribution is 5.91. The maximum atomic E-state index is 12.0. The van der Waals surface area contributed by atoms with Crippen LogP contribution in [0.2, 0.25) is 0 Å². The van der Waals surface area contributed by atoms with Crippen LogP contribution in [0, 0.1) is 0 Å². The summed E-state index contributed by atoms with van der Waals surface area (Å²) in [6.07, 6.45) is 3.88. The number of amides is 1. The first-order chi connectivity index (χ1) is 10.3. The molecule has 0 unspecified atom stereocenters. The highest BCUT2D eigenvalue weighted by Crippen LogP contribution is 2.24. The number of nitrogens with one attached hydrogen (secondary N) is 2. The second-order valence-electron chi connectivity index (χ2n) is 5.23. The Morgan fingerprint density at radius 3 is 2.71 bits per heavy atom. The van der Waals surface area contributed by atoms with Crippen molar-refractivity contribution in [3.05, 3.63) is 47.8 Å². The SMILES string of the molecule is O=C(NC[C@@H](c1ccccc1)N1CCCC1)c1cn[nH]n1. The van der Waals surface area contributed by atoms with E-state index in [0.29, 0.717) is 12.2 Å². The molecule has 110 valence electrons. The summed E-state index contributed by atoms with van der Waals surface area (Å²) in [6.45, 7) is 2.74. The zero-order valence-electron chi connectivity index (χ0n) is 11.8. The number of aromatic nitrogens is 3. The number of carbonyl (C=O) groups excluding carboxylic acids is 1. The smallest absolute Gasteiger partial charge is 0.273 e. The van der Waals surface area contributed by atoms with Gasteiger partial charge in [0.05, 0.1) is 12.2 Å². The van der Waals surface area contributed by atoms with Crippen molar-refractivity contribution in [1.29, 1.82) is 0 Å².